The number of rotatable bonds is 4. The maximum Gasteiger partial charge on any atom is 0.338 e. The van der Waals surface area contributed by atoms with Crippen molar-refractivity contribution in [2.75, 3.05) is 13.2 Å². The van der Waals surface area contributed by atoms with Gasteiger partial charge in [0.05, 0.1) is 18.8 Å². The Hall–Kier alpha value is -2.36. The van der Waals surface area contributed by atoms with Crippen molar-refractivity contribution in [1.29, 1.82) is 0 Å². The van der Waals surface area contributed by atoms with Crippen LogP contribution in [0, 0.1) is 15.2 Å². The summed E-state index contributed by atoms with van der Waals surface area (Å²) < 4.78 is 45.5. The fraction of sp³-hybridized carbons (Fsp3) is 0.174. The fourth-order valence-electron chi connectivity index (χ4n) is 3.22. The number of halogens is 3. The molecule has 0 aromatic heterocycles. The normalized spacial score (nSPS) is 16.2. The second-order valence-corrected chi connectivity index (χ2v) is 8.03. The van der Waals surface area contributed by atoms with Crippen LogP contribution in [-0.2, 0) is 20.0 Å². The number of carbonyl (C=O) groups is 1. The molecule has 3 aromatic carbocycles. The highest BCUT2D eigenvalue weighted by Crippen LogP contribution is 2.38. The summed E-state index contributed by atoms with van der Waals surface area (Å²) in [6.07, 6.45) is -0.620. The van der Waals surface area contributed by atoms with Crippen LogP contribution in [0.5, 0.6) is 0 Å². The summed E-state index contributed by atoms with van der Waals surface area (Å²) in [7, 11) is 0. The molecule has 0 unspecified atom stereocenters. The van der Waals surface area contributed by atoms with Gasteiger partial charge in [-0.2, -0.15) is 0 Å². The van der Waals surface area contributed by atoms with E-state index in [1.54, 1.807) is 36.4 Å². The Morgan fingerprint density at radius 1 is 0.833 bits per heavy atom. The Labute approximate surface area is 185 Å². The van der Waals surface area contributed by atoms with Crippen molar-refractivity contribution in [3.63, 3.8) is 0 Å². The van der Waals surface area contributed by atoms with Crippen molar-refractivity contribution >= 4 is 28.6 Å². The molecular formula is C23H17F2IO4. The Kier molecular flexibility index (Phi) is 6.12. The van der Waals surface area contributed by atoms with Crippen LogP contribution in [0.15, 0.2) is 72.8 Å². The van der Waals surface area contributed by atoms with Gasteiger partial charge in [-0.15, -0.1) is 0 Å². The van der Waals surface area contributed by atoms with Crippen molar-refractivity contribution in [2.45, 2.75) is 11.9 Å². The first-order valence-electron chi connectivity index (χ1n) is 9.23. The van der Waals surface area contributed by atoms with Gasteiger partial charge < -0.3 is 14.2 Å². The van der Waals surface area contributed by atoms with E-state index in [1.807, 2.05) is 12.1 Å². The van der Waals surface area contributed by atoms with Crippen molar-refractivity contribution in [2.24, 2.45) is 0 Å². The summed E-state index contributed by atoms with van der Waals surface area (Å²) in [4.78, 5) is 12.4. The molecule has 0 aliphatic carbocycles. The molecule has 154 valence electrons. The minimum Gasteiger partial charge on any atom is -0.454 e. The van der Waals surface area contributed by atoms with Crippen LogP contribution >= 0.6 is 22.6 Å². The summed E-state index contributed by atoms with van der Waals surface area (Å²) in [6, 6.07) is 18.4. The number of benzene rings is 3. The minimum absolute atomic E-state index is 0.0604. The molecule has 1 fully saturated rings. The fourth-order valence-corrected chi connectivity index (χ4v) is 3.58. The van der Waals surface area contributed by atoms with Gasteiger partial charge in [-0.05, 0) is 71.1 Å². The lowest BCUT2D eigenvalue weighted by atomic mass is 9.96. The lowest BCUT2D eigenvalue weighted by Gasteiger charge is -2.40. The third-order valence-electron chi connectivity index (χ3n) is 4.75. The largest absolute Gasteiger partial charge is 0.454 e. The quantitative estimate of drug-likeness (QED) is 0.356. The average molecular weight is 522 g/mol. The molecule has 1 aliphatic heterocycles. The molecule has 30 heavy (non-hydrogen) atoms. The van der Waals surface area contributed by atoms with Crippen LogP contribution in [-0.4, -0.2) is 25.3 Å². The first-order valence-corrected chi connectivity index (χ1v) is 10.3. The average Bonchev–Trinajstić information content (AvgIpc) is 2.76. The second-order valence-electron chi connectivity index (χ2n) is 6.79. The Balaban J connectivity index is 1.54. The molecule has 3 aromatic rings. The van der Waals surface area contributed by atoms with Crippen molar-refractivity contribution in [3.8, 4) is 0 Å². The van der Waals surface area contributed by atoms with Gasteiger partial charge in [0.25, 0.3) is 0 Å². The van der Waals surface area contributed by atoms with Crippen molar-refractivity contribution < 1.29 is 27.8 Å². The van der Waals surface area contributed by atoms with Crippen LogP contribution in [0.25, 0.3) is 0 Å². The highest BCUT2D eigenvalue weighted by atomic mass is 127. The van der Waals surface area contributed by atoms with E-state index in [0.29, 0.717) is 16.7 Å². The van der Waals surface area contributed by atoms with Gasteiger partial charge in [-0.25, -0.2) is 13.6 Å². The molecule has 7 heteroatoms. The molecule has 4 rings (SSSR count). The summed E-state index contributed by atoms with van der Waals surface area (Å²) >= 11 is 2.15. The first kappa shape index (κ1) is 20.9. The third kappa shape index (κ3) is 4.38. The third-order valence-corrected chi connectivity index (χ3v) is 5.47. The summed E-state index contributed by atoms with van der Waals surface area (Å²) in [5, 5.41) is 0. The highest BCUT2D eigenvalue weighted by Gasteiger charge is 2.42. The summed E-state index contributed by atoms with van der Waals surface area (Å²) in [6.45, 7) is 0.121. The maximum atomic E-state index is 13.4. The molecule has 0 atom stereocenters. The number of ether oxygens (including phenoxy) is 3. The summed E-state index contributed by atoms with van der Waals surface area (Å²) in [5.74, 6) is -2.62. The Morgan fingerprint density at radius 3 is 1.77 bits per heavy atom. The molecule has 0 radical (unpaired) electrons. The maximum absolute atomic E-state index is 13.4. The number of esters is 1. The zero-order valence-electron chi connectivity index (χ0n) is 15.7. The smallest absolute Gasteiger partial charge is 0.338 e. The molecular weight excluding hydrogens is 505 g/mol. The zero-order chi connectivity index (χ0) is 21.1. The Bertz CT molecular complexity index is 965. The molecule has 0 spiro atoms. The van der Waals surface area contributed by atoms with Crippen molar-refractivity contribution in [1.82, 2.24) is 0 Å². The van der Waals surface area contributed by atoms with E-state index in [2.05, 4.69) is 22.6 Å². The van der Waals surface area contributed by atoms with Gasteiger partial charge in [-0.1, -0.05) is 24.3 Å². The van der Waals surface area contributed by atoms with E-state index in [0.717, 1.165) is 3.57 Å². The molecule has 1 saturated heterocycles. The van der Waals surface area contributed by atoms with Crippen molar-refractivity contribution in [3.05, 3.63) is 105 Å². The van der Waals surface area contributed by atoms with E-state index in [-0.39, 0.29) is 13.2 Å². The zero-order valence-corrected chi connectivity index (χ0v) is 17.8. The van der Waals surface area contributed by atoms with Crippen LogP contribution in [0.2, 0.25) is 0 Å². The van der Waals surface area contributed by atoms with Crippen LogP contribution < -0.4 is 0 Å². The number of hydrogen-bond acceptors (Lipinski definition) is 4. The predicted molar refractivity (Wildman–Crippen MR) is 114 cm³/mol. The number of hydrogen-bond donors (Lipinski definition) is 0. The monoisotopic (exact) mass is 522 g/mol. The van der Waals surface area contributed by atoms with Gasteiger partial charge in [-0.3, -0.25) is 0 Å². The Morgan fingerprint density at radius 2 is 1.30 bits per heavy atom. The van der Waals surface area contributed by atoms with Crippen LogP contribution in [0.3, 0.4) is 0 Å². The van der Waals surface area contributed by atoms with E-state index in [1.165, 1.54) is 24.3 Å². The van der Waals surface area contributed by atoms with E-state index in [9.17, 15) is 13.6 Å². The minimum atomic E-state index is -1.35. The topological polar surface area (TPSA) is 44.8 Å². The lowest BCUT2D eigenvalue weighted by Crippen LogP contribution is -2.46. The SMILES string of the molecule is O=C(OC1COC(c2ccc(F)cc2)(c2ccc(F)cc2)OC1)c1ccc(I)cc1. The van der Waals surface area contributed by atoms with E-state index < -0.39 is 29.5 Å². The van der Waals surface area contributed by atoms with Gasteiger partial charge in [0.2, 0.25) is 5.79 Å². The lowest BCUT2D eigenvalue weighted by molar-refractivity contribution is -0.277. The van der Waals surface area contributed by atoms with Gasteiger partial charge in [0.15, 0.2) is 0 Å². The predicted octanol–water partition coefficient (Wildman–Crippen LogP) is 5.04. The highest BCUT2D eigenvalue weighted by molar-refractivity contribution is 14.1. The van der Waals surface area contributed by atoms with Crippen LogP contribution in [0.1, 0.15) is 21.5 Å². The standard InChI is InChI=1S/C23H17F2IO4/c24-18-7-3-16(4-8-18)23(17-5-9-19(25)10-6-17)28-13-21(14-29-23)30-22(27)15-1-11-20(26)12-2-15/h1-12,21H,13-14H2. The molecule has 0 N–H and O–H groups in total. The van der Waals surface area contributed by atoms with E-state index >= 15 is 0 Å². The molecule has 1 heterocycles. The molecule has 0 amide bonds. The number of carbonyl (C=O) groups excluding carboxylic acids is 1. The second kappa shape index (κ2) is 8.79. The first-order chi connectivity index (χ1) is 14.5. The van der Waals surface area contributed by atoms with Gasteiger partial charge >= 0.3 is 5.97 Å². The molecule has 0 saturated carbocycles. The van der Waals surface area contributed by atoms with Gasteiger partial charge in [0.1, 0.15) is 17.7 Å². The summed E-state index contributed by atoms with van der Waals surface area (Å²) in [5.41, 5.74) is 1.54. The van der Waals surface area contributed by atoms with Crippen LogP contribution in [0.4, 0.5) is 8.78 Å². The van der Waals surface area contributed by atoms with E-state index in [4.69, 9.17) is 14.2 Å². The molecule has 4 nitrogen and oxygen atoms in total. The van der Waals surface area contributed by atoms with Gasteiger partial charge in [0, 0.05) is 14.7 Å². The molecule has 0 bridgehead atoms. The molecule has 1 aliphatic rings.